The second-order valence-electron chi connectivity index (χ2n) is 13.6. The Morgan fingerprint density at radius 3 is 1.61 bits per heavy atom. The molecule has 238 valence electrons. The number of anilines is 3. The van der Waals surface area contributed by atoms with Crippen LogP contribution in [0.4, 0.5) is 17.1 Å². The van der Waals surface area contributed by atoms with Gasteiger partial charge in [-0.15, -0.1) is 0 Å². The summed E-state index contributed by atoms with van der Waals surface area (Å²) in [4.78, 5) is 2.40. The van der Waals surface area contributed by atoms with Crippen LogP contribution in [0.1, 0.15) is 22.3 Å². The van der Waals surface area contributed by atoms with Crippen LogP contribution >= 0.6 is 0 Å². The summed E-state index contributed by atoms with van der Waals surface area (Å²) in [7, 11) is 0. The van der Waals surface area contributed by atoms with Crippen molar-refractivity contribution >= 4 is 39.0 Å². The fourth-order valence-electron chi connectivity index (χ4n) is 8.98. The van der Waals surface area contributed by atoms with Crippen molar-refractivity contribution in [2.45, 2.75) is 5.41 Å². The molecule has 2 aliphatic carbocycles. The molecule has 0 saturated carbocycles. The summed E-state index contributed by atoms with van der Waals surface area (Å²) in [6, 6.07) is 68.6. The zero-order chi connectivity index (χ0) is 33.5. The van der Waals surface area contributed by atoms with Crippen molar-refractivity contribution in [3.63, 3.8) is 0 Å². The summed E-state index contributed by atoms with van der Waals surface area (Å²) in [5, 5.41) is 2.27. The third kappa shape index (κ3) is 3.93. The zero-order valence-corrected chi connectivity index (χ0v) is 27.8. The summed E-state index contributed by atoms with van der Waals surface area (Å²) in [5.41, 5.74) is 17.7. The van der Waals surface area contributed by atoms with Crippen LogP contribution in [0.5, 0.6) is 0 Å². The second-order valence-corrected chi connectivity index (χ2v) is 13.6. The largest absolute Gasteiger partial charge is 0.456 e. The first-order valence-electron chi connectivity index (χ1n) is 17.6. The van der Waals surface area contributed by atoms with Crippen molar-refractivity contribution in [2.24, 2.45) is 0 Å². The van der Waals surface area contributed by atoms with Gasteiger partial charge in [0.25, 0.3) is 0 Å². The highest BCUT2D eigenvalue weighted by molar-refractivity contribution is 6.06. The Labute approximate surface area is 296 Å². The molecular weight excluding hydrogens is 619 g/mol. The summed E-state index contributed by atoms with van der Waals surface area (Å²) < 4.78 is 6.16. The van der Waals surface area contributed by atoms with E-state index >= 15 is 0 Å². The Morgan fingerprint density at radius 1 is 0.333 bits per heavy atom. The molecule has 8 aromatic carbocycles. The standard InChI is InChI=1S/C49H31NO/c1-2-14-34(15-3-1)50(35-16-12-13-32(29-35)33-25-28-48-42(30-33)41-20-7-11-24-47(41)51-48)36-26-27-40-39-19-6-10-23-45(39)49(46(40)31-36)43-21-8-4-17-37(43)38-18-5-9-22-44(38)49/h1-31H. The number of benzene rings is 8. The summed E-state index contributed by atoms with van der Waals surface area (Å²) in [5.74, 6) is 0. The van der Waals surface area contributed by atoms with Crippen molar-refractivity contribution in [3.05, 3.63) is 210 Å². The molecule has 2 aliphatic rings. The number of nitrogens with zero attached hydrogens (tertiary/aromatic N) is 1. The van der Waals surface area contributed by atoms with Gasteiger partial charge in [0.05, 0.1) is 5.41 Å². The van der Waals surface area contributed by atoms with Crippen LogP contribution < -0.4 is 4.90 Å². The van der Waals surface area contributed by atoms with Gasteiger partial charge in [0.2, 0.25) is 0 Å². The topological polar surface area (TPSA) is 16.4 Å². The van der Waals surface area contributed by atoms with Crippen molar-refractivity contribution in [3.8, 4) is 33.4 Å². The molecule has 9 aromatic rings. The normalized spacial score (nSPS) is 13.3. The molecule has 1 heterocycles. The number of rotatable bonds is 4. The SMILES string of the molecule is c1ccc(N(c2cccc(-c3ccc4oc5ccccc5c4c3)c2)c2ccc3c(c2)C2(c4ccccc4-c4ccccc42)c2ccccc2-3)cc1. The van der Waals surface area contributed by atoms with Gasteiger partial charge in [-0.25, -0.2) is 0 Å². The van der Waals surface area contributed by atoms with Gasteiger partial charge in [-0.2, -0.15) is 0 Å². The number of furan rings is 1. The smallest absolute Gasteiger partial charge is 0.135 e. The molecule has 51 heavy (non-hydrogen) atoms. The van der Waals surface area contributed by atoms with Crippen LogP contribution in [-0.4, -0.2) is 0 Å². The molecule has 0 radical (unpaired) electrons. The molecule has 0 fully saturated rings. The van der Waals surface area contributed by atoms with Gasteiger partial charge >= 0.3 is 0 Å². The highest BCUT2D eigenvalue weighted by Gasteiger charge is 2.51. The summed E-state index contributed by atoms with van der Waals surface area (Å²) in [6.07, 6.45) is 0. The van der Waals surface area contributed by atoms with Gasteiger partial charge in [-0.05, 0) is 110 Å². The van der Waals surface area contributed by atoms with E-state index < -0.39 is 5.41 Å². The number of hydrogen-bond acceptors (Lipinski definition) is 2. The Morgan fingerprint density at radius 2 is 0.882 bits per heavy atom. The zero-order valence-electron chi connectivity index (χ0n) is 27.8. The highest BCUT2D eigenvalue weighted by atomic mass is 16.3. The molecular formula is C49H31NO. The van der Waals surface area contributed by atoms with Crippen LogP contribution in [0.2, 0.25) is 0 Å². The fourth-order valence-corrected chi connectivity index (χ4v) is 8.98. The Kier molecular flexibility index (Phi) is 5.91. The fraction of sp³-hybridized carbons (Fsp3) is 0.0204. The first kappa shape index (κ1) is 28.2. The molecule has 2 nitrogen and oxygen atoms in total. The minimum Gasteiger partial charge on any atom is -0.456 e. The third-order valence-electron chi connectivity index (χ3n) is 11.1. The molecule has 0 atom stereocenters. The minimum absolute atomic E-state index is 0.401. The minimum atomic E-state index is -0.401. The van der Waals surface area contributed by atoms with Gasteiger partial charge in [0, 0.05) is 27.8 Å². The van der Waals surface area contributed by atoms with Gasteiger partial charge in [0.1, 0.15) is 11.2 Å². The lowest BCUT2D eigenvalue weighted by Crippen LogP contribution is -2.26. The molecule has 1 spiro atoms. The van der Waals surface area contributed by atoms with E-state index in [9.17, 15) is 0 Å². The lowest BCUT2D eigenvalue weighted by Gasteiger charge is -2.32. The monoisotopic (exact) mass is 649 g/mol. The van der Waals surface area contributed by atoms with Crippen LogP contribution in [0, 0.1) is 0 Å². The lowest BCUT2D eigenvalue weighted by atomic mass is 9.70. The first-order valence-corrected chi connectivity index (χ1v) is 17.6. The van der Waals surface area contributed by atoms with E-state index in [-0.39, 0.29) is 0 Å². The van der Waals surface area contributed by atoms with Crippen LogP contribution in [-0.2, 0) is 5.41 Å². The molecule has 0 bridgehead atoms. The van der Waals surface area contributed by atoms with E-state index in [1.165, 1.54) is 44.5 Å². The van der Waals surface area contributed by atoms with E-state index in [2.05, 4.69) is 181 Å². The molecule has 1 aromatic heterocycles. The van der Waals surface area contributed by atoms with Crippen molar-refractivity contribution < 1.29 is 4.42 Å². The van der Waals surface area contributed by atoms with E-state index in [0.717, 1.165) is 50.1 Å². The van der Waals surface area contributed by atoms with Gasteiger partial charge in [-0.1, -0.05) is 133 Å². The summed E-state index contributed by atoms with van der Waals surface area (Å²) >= 11 is 0. The maximum atomic E-state index is 6.16. The Bertz CT molecular complexity index is 2760. The molecule has 11 rings (SSSR count). The molecule has 0 aliphatic heterocycles. The molecule has 0 N–H and O–H groups in total. The van der Waals surface area contributed by atoms with E-state index in [1.807, 2.05) is 12.1 Å². The van der Waals surface area contributed by atoms with Crippen molar-refractivity contribution in [1.82, 2.24) is 0 Å². The predicted molar refractivity (Wildman–Crippen MR) is 210 cm³/mol. The lowest BCUT2D eigenvalue weighted by molar-refractivity contribution is 0.669. The van der Waals surface area contributed by atoms with Crippen molar-refractivity contribution in [1.29, 1.82) is 0 Å². The first-order chi connectivity index (χ1) is 25.3. The second kappa shape index (κ2) is 10.7. The Hall–Kier alpha value is -6.64. The highest BCUT2D eigenvalue weighted by Crippen LogP contribution is 2.63. The number of hydrogen-bond donors (Lipinski definition) is 0. The summed E-state index contributed by atoms with van der Waals surface area (Å²) in [6.45, 7) is 0. The van der Waals surface area contributed by atoms with E-state index in [4.69, 9.17) is 4.42 Å². The van der Waals surface area contributed by atoms with Crippen LogP contribution in [0.15, 0.2) is 192 Å². The van der Waals surface area contributed by atoms with Crippen LogP contribution in [0.25, 0.3) is 55.3 Å². The molecule has 0 amide bonds. The molecule has 0 unspecified atom stereocenters. The maximum Gasteiger partial charge on any atom is 0.135 e. The third-order valence-corrected chi connectivity index (χ3v) is 11.1. The van der Waals surface area contributed by atoms with E-state index in [1.54, 1.807) is 0 Å². The number of para-hydroxylation sites is 2. The van der Waals surface area contributed by atoms with Gasteiger partial charge in [-0.3, -0.25) is 0 Å². The average Bonchev–Trinajstić information content (AvgIpc) is 3.82. The predicted octanol–water partition coefficient (Wildman–Crippen LogP) is 13.1. The molecule has 2 heteroatoms. The van der Waals surface area contributed by atoms with Crippen molar-refractivity contribution in [2.75, 3.05) is 4.90 Å². The molecule has 0 saturated heterocycles. The van der Waals surface area contributed by atoms with Crippen LogP contribution in [0.3, 0.4) is 0 Å². The maximum absolute atomic E-state index is 6.16. The van der Waals surface area contributed by atoms with Gasteiger partial charge in [0.15, 0.2) is 0 Å². The Balaban J connectivity index is 1.12. The average molecular weight is 650 g/mol. The quantitative estimate of drug-likeness (QED) is 0.189. The van der Waals surface area contributed by atoms with Gasteiger partial charge < -0.3 is 9.32 Å². The van der Waals surface area contributed by atoms with E-state index in [0.29, 0.717) is 0 Å². The number of fused-ring (bicyclic) bond motifs is 13.